The van der Waals surface area contributed by atoms with Gasteiger partial charge in [-0.05, 0) is 35.1 Å². The Kier molecular flexibility index (Phi) is 3.97. The van der Waals surface area contributed by atoms with Crippen molar-refractivity contribution >= 4 is 40.1 Å². The summed E-state index contributed by atoms with van der Waals surface area (Å²) in [6.45, 7) is 2.20. The molecule has 2 heterocycles. The molecule has 3 amide bonds. The van der Waals surface area contributed by atoms with Crippen LogP contribution in [0.15, 0.2) is 27.8 Å². The number of aliphatic hydroxyl groups excluding tert-OH is 1. The van der Waals surface area contributed by atoms with Crippen molar-refractivity contribution in [3.05, 3.63) is 39.0 Å². The Hall–Kier alpha value is -1.45. The van der Waals surface area contributed by atoms with Crippen LogP contribution in [-0.4, -0.2) is 59.4 Å². The number of amides is 3. The molecule has 1 N–H and O–H groups in total. The average molecular weight is 428 g/mol. The minimum atomic E-state index is -1.58. The van der Waals surface area contributed by atoms with Crippen LogP contribution >= 0.6 is 22.6 Å². The molecule has 122 valence electrons. The van der Waals surface area contributed by atoms with Crippen LogP contribution in [0.4, 0.5) is 4.79 Å². The van der Waals surface area contributed by atoms with Crippen molar-refractivity contribution in [2.24, 2.45) is 0 Å². The number of benzene rings is 1. The number of halogens is 1. The van der Waals surface area contributed by atoms with Crippen molar-refractivity contribution < 1.29 is 19.4 Å². The Morgan fingerprint density at radius 1 is 1.26 bits per heavy atom. The van der Waals surface area contributed by atoms with Crippen LogP contribution in [0.5, 0.6) is 0 Å². The molecule has 23 heavy (non-hydrogen) atoms. The van der Waals surface area contributed by atoms with E-state index in [-0.39, 0.29) is 6.61 Å². The van der Waals surface area contributed by atoms with E-state index >= 15 is 0 Å². The largest absolute Gasteiger partial charge is 0.370 e. The van der Waals surface area contributed by atoms with E-state index < -0.39 is 23.8 Å². The number of carbonyl (C=O) groups excluding carboxylic acids is 2. The molecule has 2 atom stereocenters. The quantitative estimate of drug-likeness (QED) is 0.693. The normalized spacial score (nSPS) is 28.3. The van der Waals surface area contributed by atoms with Gasteiger partial charge in [0, 0.05) is 23.2 Å². The molecule has 1 saturated heterocycles. The second-order valence-corrected chi connectivity index (χ2v) is 7.10. The number of imide groups is 1. The fourth-order valence-electron chi connectivity index (χ4n) is 3.05. The van der Waals surface area contributed by atoms with Gasteiger partial charge in [-0.25, -0.2) is 4.79 Å². The van der Waals surface area contributed by atoms with E-state index in [1.807, 2.05) is 31.2 Å². The molecular weight excluding hydrogens is 411 g/mol. The maximum atomic E-state index is 12.9. The number of nitrogens with zero attached hydrogens (tertiary/aromatic N) is 2. The highest BCUT2D eigenvalue weighted by Crippen LogP contribution is 2.47. The van der Waals surface area contributed by atoms with Gasteiger partial charge in [0.05, 0.1) is 6.61 Å². The average Bonchev–Trinajstić information content (AvgIpc) is 2.89. The number of ether oxygens (including phenoxy) is 1. The lowest BCUT2D eigenvalue weighted by Crippen LogP contribution is -2.69. The monoisotopic (exact) mass is 428 g/mol. The lowest BCUT2D eigenvalue weighted by atomic mass is 9.84. The molecular formula is C16H17IN2O4. The zero-order valence-electron chi connectivity index (χ0n) is 13.0. The predicted octanol–water partition coefficient (Wildman–Crippen LogP) is 1.75. The number of aliphatic hydroxyl groups is 1. The van der Waals surface area contributed by atoms with Gasteiger partial charge in [-0.15, -0.1) is 0 Å². The van der Waals surface area contributed by atoms with Crippen LogP contribution in [0, 0.1) is 6.92 Å². The number of aryl methyl sites for hydroxylation is 1. The highest BCUT2D eigenvalue weighted by Gasteiger charge is 2.61. The van der Waals surface area contributed by atoms with Gasteiger partial charge in [-0.1, -0.05) is 29.8 Å². The number of hydrogen-bond acceptors (Lipinski definition) is 4. The van der Waals surface area contributed by atoms with Gasteiger partial charge < -0.3 is 9.84 Å². The van der Waals surface area contributed by atoms with Crippen LogP contribution in [0.25, 0.3) is 5.57 Å². The third-order valence-corrected chi connectivity index (χ3v) is 5.20. The molecule has 2 aliphatic heterocycles. The van der Waals surface area contributed by atoms with Crippen molar-refractivity contribution in [3.63, 3.8) is 0 Å². The Balaban J connectivity index is 2.18. The minimum Gasteiger partial charge on any atom is -0.370 e. The topological polar surface area (TPSA) is 70.1 Å². The molecule has 1 aromatic rings. The van der Waals surface area contributed by atoms with E-state index in [0.29, 0.717) is 5.57 Å². The maximum absolute atomic E-state index is 12.9. The minimum absolute atomic E-state index is 0.225. The summed E-state index contributed by atoms with van der Waals surface area (Å²) in [5.74, 6) is -0.546. The van der Waals surface area contributed by atoms with E-state index in [1.165, 1.54) is 14.1 Å². The Morgan fingerprint density at radius 3 is 2.48 bits per heavy atom. The summed E-state index contributed by atoms with van der Waals surface area (Å²) in [5, 5.41) is 10.7. The number of likely N-dealkylation sites (N-methyl/N-ethyl adjacent to an activating group) is 2. The maximum Gasteiger partial charge on any atom is 0.328 e. The molecule has 1 aromatic carbocycles. The van der Waals surface area contributed by atoms with E-state index in [0.717, 1.165) is 24.5 Å². The summed E-state index contributed by atoms with van der Waals surface area (Å²) in [6.07, 6.45) is -1.37. The van der Waals surface area contributed by atoms with Gasteiger partial charge in [-0.2, -0.15) is 0 Å². The number of carbonyl (C=O) groups is 2. The first-order chi connectivity index (χ1) is 10.8. The lowest BCUT2D eigenvalue weighted by molar-refractivity contribution is -0.176. The summed E-state index contributed by atoms with van der Waals surface area (Å²) >= 11 is 2.13. The summed E-state index contributed by atoms with van der Waals surface area (Å²) < 4.78 is 6.63. The standard InChI is InChI=1S/C16H17IN2O4/c1-9-4-6-10(7-5-9)12-11(17)8-23-16(12)13(20)18(2)15(22)19(3)14(16)21/h4-7,13,20H,8H2,1-3H3/t13-,16+/m0/s1. The molecule has 1 spiro atoms. The first kappa shape index (κ1) is 16.4. The second kappa shape index (κ2) is 5.57. The molecule has 3 rings (SSSR count). The van der Waals surface area contributed by atoms with Gasteiger partial charge >= 0.3 is 6.03 Å². The SMILES string of the molecule is Cc1ccc(C2=C(I)CO[C@]23C(=O)N(C)C(=O)N(C)[C@H]3O)cc1. The lowest BCUT2D eigenvalue weighted by Gasteiger charge is -2.45. The smallest absolute Gasteiger partial charge is 0.328 e. The first-order valence-electron chi connectivity index (χ1n) is 7.14. The molecule has 0 unspecified atom stereocenters. The Bertz CT molecular complexity index is 715. The summed E-state index contributed by atoms with van der Waals surface area (Å²) in [4.78, 5) is 27.0. The van der Waals surface area contributed by atoms with Gasteiger partial charge in [0.25, 0.3) is 5.91 Å². The molecule has 7 heteroatoms. The summed E-state index contributed by atoms with van der Waals surface area (Å²) in [7, 11) is 2.86. The van der Waals surface area contributed by atoms with Crippen LogP contribution in [0.3, 0.4) is 0 Å². The van der Waals surface area contributed by atoms with Crippen LogP contribution < -0.4 is 0 Å². The molecule has 0 bridgehead atoms. The molecule has 0 radical (unpaired) electrons. The molecule has 6 nitrogen and oxygen atoms in total. The zero-order chi connectivity index (χ0) is 16.9. The molecule has 0 aromatic heterocycles. The van der Waals surface area contributed by atoms with E-state index in [9.17, 15) is 14.7 Å². The van der Waals surface area contributed by atoms with Gasteiger partial charge in [0.1, 0.15) is 0 Å². The number of hydrogen-bond donors (Lipinski definition) is 1. The highest BCUT2D eigenvalue weighted by molar-refractivity contribution is 14.1. The number of rotatable bonds is 1. The van der Waals surface area contributed by atoms with Crippen LogP contribution in [0.2, 0.25) is 0 Å². The first-order valence-corrected chi connectivity index (χ1v) is 8.21. The predicted molar refractivity (Wildman–Crippen MR) is 92.7 cm³/mol. The summed E-state index contributed by atoms with van der Waals surface area (Å²) in [5.41, 5.74) is 0.948. The Morgan fingerprint density at radius 2 is 1.87 bits per heavy atom. The van der Waals surface area contributed by atoms with E-state index in [1.54, 1.807) is 0 Å². The zero-order valence-corrected chi connectivity index (χ0v) is 15.2. The summed E-state index contributed by atoms with van der Waals surface area (Å²) in [6, 6.07) is 7.13. The molecule has 1 fully saturated rings. The highest BCUT2D eigenvalue weighted by atomic mass is 127. The van der Waals surface area contributed by atoms with E-state index in [4.69, 9.17) is 4.74 Å². The third kappa shape index (κ3) is 2.21. The number of urea groups is 1. The fraction of sp³-hybridized carbons (Fsp3) is 0.375. The van der Waals surface area contributed by atoms with Gasteiger partial charge in [0.2, 0.25) is 5.60 Å². The molecule has 0 saturated carbocycles. The molecule has 0 aliphatic carbocycles. The Labute approximate surface area is 147 Å². The van der Waals surface area contributed by atoms with Crippen molar-refractivity contribution in [3.8, 4) is 0 Å². The van der Waals surface area contributed by atoms with Gasteiger partial charge in [-0.3, -0.25) is 14.6 Å². The van der Waals surface area contributed by atoms with Crippen molar-refractivity contribution in [2.45, 2.75) is 18.8 Å². The van der Waals surface area contributed by atoms with Crippen molar-refractivity contribution in [1.29, 1.82) is 0 Å². The van der Waals surface area contributed by atoms with Crippen LogP contribution in [-0.2, 0) is 9.53 Å². The van der Waals surface area contributed by atoms with Crippen molar-refractivity contribution in [2.75, 3.05) is 20.7 Å². The molecule has 2 aliphatic rings. The third-order valence-electron chi connectivity index (χ3n) is 4.35. The fourth-order valence-corrected chi connectivity index (χ4v) is 3.91. The van der Waals surface area contributed by atoms with Crippen LogP contribution in [0.1, 0.15) is 11.1 Å². The van der Waals surface area contributed by atoms with Gasteiger partial charge in [0.15, 0.2) is 6.23 Å². The second-order valence-electron chi connectivity index (χ2n) is 5.80. The van der Waals surface area contributed by atoms with Crippen molar-refractivity contribution in [1.82, 2.24) is 9.80 Å². The van der Waals surface area contributed by atoms with E-state index in [2.05, 4.69) is 22.6 Å².